The number of ether oxygens (including phenoxy) is 2. The standard InChI is InChI=1S/C15H19N3O4/c1-4-5-6-12-11(10(2)22-18-12)9-21-14-8-7-13(16-17-14)15(19)20-3/h7-8H,4-6,9H2,1-3H3. The lowest BCUT2D eigenvalue weighted by Crippen LogP contribution is -2.07. The third-order valence-electron chi connectivity index (χ3n) is 3.23. The van der Waals surface area contributed by atoms with E-state index in [0.717, 1.165) is 36.3 Å². The van der Waals surface area contributed by atoms with E-state index >= 15 is 0 Å². The maximum Gasteiger partial charge on any atom is 0.358 e. The van der Waals surface area contributed by atoms with E-state index in [0.29, 0.717) is 12.5 Å². The van der Waals surface area contributed by atoms with E-state index < -0.39 is 5.97 Å². The topological polar surface area (TPSA) is 87.3 Å². The first kappa shape index (κ1) is 15.9. The van der Waals surface area contributed by atoms with E-state index in [-0.39, 0.29) is 5.69 Å². The number of hydrogen-bond donors (Lipinski definition) is 0. The average Bonchev–Trinajstić information content (AvgIpc) is 2.90. The lowest BCUT2D eigenvalue weighted by atomic mass is 10.1. The fraction of sp³-hybridized carbons (Fsp3) is 0.467. The fourth-order valence-corrected chi connectivity index (χ4v) is 1.92. The fourth-order valence-electron chi connectivity index (χ4n) is 1.92. The van der Waals surface area contributed by atoms with Crippen molar-refractivity contribution < 1.29 is 18.8 Å². The van der Waals surface area contributed by atoms with E-state index in [4.69, 9.17) is 9.26 Å². The van der Waals surface area contributed by atoms with Crippen LogP contribution in [-0.2, 0) is 17.8 Å². The monoisotopic (exact) mass is 305 g/mol. The number of hydrogen-bond acceptors (Lipinski definition) is 7. The van der Waals surface area contributed by atoms with Crippen molar-refractivity contribution in [2.24, 2.45) is 0 Å². The van der Waals surface area contributed by atoms with E-state index in [9.17, 15) is 4.79 Å². The minimum Gasteiger partial charge on any atom is -0.472 e. The molecule has 7 heteroatoms. The zero-order valence-electron chi connectivity index (χ0n) is 13.0. The summed E-state index contributed by atoms with van der Waals surface area (Å²) in [6.07, 6.45) is 3.00. The lowest BCUT2D eigenvalue weighted by molar-refractivity contribution is 0.0592. The van der Waals surface area contributed by atoms with Crippen LogP contribution in [-0.4, -0.2) is 28.4 Å². The molecule has 22 heavy (non-hydrogen) atoms. The highest BCUT2D eigenvalue weighted by molar-refractivity contribution is 5.86. The predicted molar refractivity (Wildman–Crippen MR) is 77.6 cm³/mol. The van der Waals surface area contributed by atoms with Gasteiger partial charge < -0.3 is 14.0 Å². The molecule has 0 aromatic carbocycles. The van der Waals surface area contributed by atoms with Gasteiger partial charge in [0, 0.05) is 6.07 Å². The third kappa shape index (κ3) is 3.81. The number of aryl methyl sites for hydroxylation is 2. The molecule has 0 radical (unpaired) electrons. The van der Waals surface area contributed by atoms with E-state index in [2.05, 4.69) is 27.0 Å². The Bertz CT molecular complexity index is 622. The maximum atomic E-state index is 11.3. The van der Waals surface area contributed by atoms with Crippen LogP contribution in [0, 0.1) is 6.92 Å². The molecule has 0 saturated carbocycles. The van der Waals surface area contributed by atoms with Crippen molar-refractivity contribution in [3.63, 3.8) is 0 Å². The Morgan fingerprint density at radius 1 is 1.32 bits per heavy atom. The van der Waals surface area contributed by atoms with Gasteiger partial charge in [0.2, 0.25) is 5.88 Å². The third-order valence-corrected chi connectivity index (χ3v) is 3.23. The molecule has 0 amide bonds. The summed E-state index contributed by atoms with van der Waals surface area (Å²) in [5.74, 6) is 0.538. The number of methoxy groups -OCH3 is 1. The van der Waals surface area contributed by atoms with Gasteiger partial charge in [-0.15, -0.1) is 10.2 Å². The van der Waals surface area contributed by atoms with Crippen molar-refractivity contribution in [3.8, 4) is 5.88 Å². The largest absolute Gasteiger partial charge is 0.472 e. The van der Waals surface area contributed by atoms with Crippen LogP contribution in [0.3, 0.4) is 0 Å². The van der Waals surface area contributed by atoms with Gasteiger partial charge in [-0.05, 0) is 25.8 Å². The summed E-state index contributed by atoms with van der Waals surface area (Å²) in [5, 5.41) is 11.7. The SMILES string of the molecule is CCCCc1noc(C)c1COc1ccc(C(=O)OC)nn1. The van der Waals surface area contributed by atoms with Crippen molar-refractivity contribution in [2.45, 2.75) is 39.7 Å². The van der Waals surface area contributed by atoms with Gasteiger partial charge in [-0.25, -0.2) is 4.79 Å². The molecule has 7 nitrogen and oxygen atoms in total. The molecule has 2 aromatic rings. The summed E-state index contributed by atoms with van der Waals surface area (Å²) in [6, 6.07) is 3.08. The molecule has 0 bridgehead atoms. The van der Waals surface area contributed by atoms with Crippen LogP contribution in [0.4, 0.5) is 0 Å². The normalized spacial score (nSPS) is 10.5. The molecule has 0 atom stereocenters. The maximum absolute atomic E-state index is 11.3. The lowest BCUT2D eigenvalue weighted by Gasteiger charge is -2.05. The van der Waals surface area contributed by atoms with Gasteiger partial charge in [-0.3, -0.25) is 0 Å². The van der Waals surface area contributed by atoms with Crippen LogP contribution in [0.2, 0.25) is 0 Å². The summed E-state index contributed by atoms with van der Waals surface area (Å²) < 4.78 is 15.4. The zero-order chi connectivity index (χ0) is 15.9. The molecule has 0 spiro atoms. The molecule has 0 unspecified atom stereocenters. The summed E-state index contributed by atoms with van der Waals surface area (Å²) in [5.41, 5.74) is 1.99. The average molecular weight is 305 g/mol. The Morgan fingerprint density at radius 3 is 2.77 bits per heavy atom. The summed E-state index contributed by atoms with van der Waals surface area (Å²) in [6.45, 7) is 4.29. The summed E-state index contributed by atoms with van der Waals surface area (Å²) >= 11 is 0. The van der Waals surface area contributed by atoms with Gasteiger partial charge in [-0.1, -0.05) is 18.5 Å². The Balaban J connectivity index is 2.01. The molecular weight excluding hydrogens is 286 g/mol. The van der Waals surface area contributed by atoms with Crippen LogP contribution in [0.1, 0.15) is 47.3 Å². The van der Waals surface area contributed by atoms with Crippen molar-refractivity contribution >= 4 is 5.97 Å². The Hall–Kier alpha value is -2.44. The zero-order valence-corrected chi connectivity index (χ0v) is 13.0. The second kappa shape index (κ2) is 7.53. The summed E-state index contributed by atoms with van der Waals surface area (Å²) in [7, 11) is 1.29. The van der Waals surface area contributed by atoms with Gasteiger partial charge >= 0.3 is 5.97 Å². The number of unbranched alkanes of at least 4 members (excludes halogenated alkanes) is 1. The number of nitrogens with zero attached hydrogens (tertiary/aromatic N) is 3. The second-order valence-electron chi connectivity index (χ2n) is 4.80. The molecule has 2 heterocycles. The molecule has 118 valence electrons. The number of esters is 1. The Kier molecular flexibility index (Phi) is 5.46. The van der Waals surface area contributed by atoms with E-state index in [1.807, 2.05) is 6.92 Å². The van der Waals surface area contributed by atoms with Crippen LogP contribution in [0.25, 0.3) is 0 Å². The summed E-state index contributed by atoms with van der Waals surface area (Å²) in [4.78, 5) is 11.3. The molecular formula is C15H19N3O4. The highest BCUT2D eigenvalue weighted by Gasteiger charge is 2.14. The highest BCUT2D eigenvalue weighted by atomic mass is 16.5. The van der Waals surface area contributed by atoms with Crippen molar-refractivity contribution in [2.75, 3.05) is 7.11 Å². The molecule has 0 fully saturated rings. The van der Waals surface area contributed by atoms with Gasteiger partial charge in [0.1, 0.15) is 12.4 Å². The van der Waals surface area contributed by atoms with Gasteiger partial charge in [-0.2, -0.15) is 0 Å². The van der Waals surface area contributed by atoms with Crippen LogP contribution in [0.5, 0.6) is 5.88 Å². The number of carbonyl (C=O) groups is 1. The van der Waals surface area contributed by atoms with Gasteiger partial charge in [0.15, 0.2) is 5.69 Å². The predicted octanol–water partition coefficient (Wildman–Crippen LogP) is 2.48. The van der Waals surface area contributed by atoms with Crippen molar-refractivity contribution in [3.05, 3.63) is 34.8 Å². The van der Waals surface area contributed by atoms with Crippen LogP contribution < -0.4 is 4.74 Å². The first-order valence-corrected chi connectivity index (χ1v) is 7.14. The molecule has 0 aliphatic rings. The number of rotatable bonds is 7. The smallest absolute Gasteiger partial charge is 0.358 e. The minimum atomic E-state index is -0.532. The molecule has 0 aliphatic carbocycles. The molecule has 0 N–H and O–H groups in total. The highest BCUT2D eigenvalue weighted by Crippen LogP contribution is 2.18. The van der Waals surface area contributed by atoms with E-state index in [1.54, 1.807) is 6.07 Å². The van der Waals surface area contributed by atoms with Crippen molar-refractivity contribution in [1.82, 2.24) is 15.4 Å². The molecule has 0 saturated heterocycles. The van der Waals surface area contributed by atoms with E-state index in [1.165, 1.54) is 13.2 Å². The second-order valence-corrected chi connectivity index (χ2v) is 4.80. The number of carbonyl (C=O) groups excluding carboxylic acids is 1. The van der Waals surface area contributed by atoms with Gasteiger partial charge in [0.25, 0.3) is 0 Å². The first-order chi connectivity index (χ1) is 10.7. The first-order valence-electron chi connectivity index (χ1n) is 7.14. The van der Waals surface area contributed by atoms with Crippen LogP contribution in [0.15, 0.2) is 16.7 Å². The number of aromatic nitrogens is 3. The Labute approximate surface area is 128 Å². The molecule has 0 aliphatic heterocycles. The van der Waals surface area contributed by atoms with Gasteiger partial charge in [0.05, 0.1) is 18.4 Å². The van der Waals surface area contributed by atoms with Crippen molar-refractivity contribution in [1.29, 1.82) is 0 Å². The quantitative estimate of drug-likeness (QED) is 0.726. The van der Waals surface area contributed by atoms with Crippen LogP contribution >= 0.6 is 0 Å². The molecule has 2 rings (SSSR count). The minimum absolute atomic E-state index is 0.139. The Morgan fingerprint density at radius 2 is 2.14 bits per heavy atom. The molecule has 2 aromatic heterocycles.